The summed E-state index contributed by atoms with van der Waals surface area (Å²) in [5.74, 6) is -0.544. The number of benzene rings is 2. The zero-order valence-corrected chi connectivity index (χ0v) is 18.0. The van der Waals surface area contributed by atoms with Crippen molar-refractivity contribution in [2.24, 2.45) is 0 Å². The quantitative estimate of drug-likeness (QED) is 0.716. The molecule has 8 heteroatoms. The monoisotopic (exact) mass is 417 g/mol. The molecule has 0 unspecified atom stereocenters. The van der Waals surface area contributed by atoms with Crippen LogP contribution < -0.4 is 9.62 Å². The lowest BCUT2D eigenvalue weighted by molar-refractivity contribution is -0.114. The molecule has 0 fully saturated rings. The summed E-state index contributed by atoms with van der Waals surface area (Å²) in [6, 6.07) is 13.5. The number of rotatable bonds is 8. The maximum absolute atomic E-state index is 12.5. The lowest BCUT2D eigenvalue weighted by Crippen LogP contribution is -2.37. The number of anilines is 2. The highest BCUT2D eigenvalue weighted by Gasteiger charge is 2.22. The molecule has 0 spiro atoms. The number of hydrogen-bond donors (Lipinski definition) is 1. The van der Waals surface area contributed by atoms with Crippen LogP contribution in [0.3, 0.4) is 0 Å². The molecule has 1 N–H and O–H groups in total. The number of para-hydroxylation sites is 1. The molecule has 2 aromatic rings. The van der Waals surface area contributed by atoms with Gasteiger partial charge in [0.25, 0.3) is 5.91 Å². The second kappa shape index (κ2) is 9.56. The van der Waals surface area contributed by atoms with Gasteiger partial charge in [0, 0.05) is 24.3 Å². The molecule has 0 bridgehead atoms. The fraction of sp³-hybridized carbons (Fsp3) is 0.333. The Labute approximate surface area is 172 Å². The summed E-state index contributed by atoms with van der Waals surface area (Å²) in [7, 11) is -3.64. The Morgan fingerprint density at radius 2 is 1.55 bits per heavy atom. The first-order valence-corrected chi connectivity index (χ1v) is 11.2. The van der Waals surface area contributed by atoms with Gasteiger partial charge in [0.05, 0.1) is 11.9 Å². The molecule has 2 aromatic carbocycles. The van der Waals surface area contributed by atoms with Gasteiger partial charge >= 0.3 is 0 Å². The summed E-state index contributed by atoms with van der Waals surface area (Å²) < 4.78 is 25.5. The summed E-state index contributed by atoms with van der Waals surface area (Å²) in [4.78, 5) is 26.5. The molecule has 0 saturated carbocycles. The van der Waals surface area contributed by atoms with Crippen LogP contribution in [-0.4, -0.2) is 51.0 Å². The first-order chi connectivity index (χ1) is 13.7. The molecule has 7 nitrogen and oxygen atoms in total. The van der Waals surface area contributed by atoms with E-state index in [1.807, 2.05) is 13.8 Å². The van der Waals surface area contributed by atoms with E-state index in [-0.39, 0.29) is 12.5 Å². The Balaban J connectivity index is 2.13. The molecule has 0 aliphatic rings. The van der Waals surface area contributed by atoms with Crippen LogP contribution in [0.4, 0.5) is 11.4 Å². The van der Waals surface area contributed by atoms with Crippen molar-refractivity contribution in [2.45, 2.75) is 20.8 Å². The van der Waals surface area contributed by atoms with Gasteiger partial charge in [0.15, 0.2) is 0 Å². The van der Waals surface area contributed by atoms with Gasteiger partial charge in [-0.1, -0.05) is 18.2 Å². The lowest BCUT2D eigenvalue weighted by atomic mass is 10.1. The topological polar surface area (TPSA) is 86.8 Å². The van der Waals surface area contributed by atoms with Crippen LogP contribution in [0.2, 0.25) is 0 Å². The SMILES string of the molecule is CCN(CC)C(=O)c1ccc(NC(=O)CN(c2ccccc2C)S(C)(=O)=O)cc1. The predicted octanol–water partition coefficient (Wildman–Crippen LogP) is 2.88. The first kappa shape index (κ1) is 22.4. The molecule has 156 valence electrons. The zero-order chi connectivity index (χ0) is 21.6. The highest BCUT2D eigenvalue weighted by Crippen LogP contribution is 2.22. The third-order valence-corrected chi connectivity index (χ3v) is 5.66. The minimum absolute atomic E-state index is 0.0734. The van der Waals surface area contributed by atoms with Crippen LogP contribution in [0.25, 0.3) is 0 Å². The molecule has 0 radical (unpaired) electrons. The van der Waals surface area contributed by atoms with Gasteiger partial charge in [-0.3, -0.25) is 13.9 Å². The van der Waals surface area contributed by atoms with E-state index in [2.05, 4.69) is 5.32 Å². The highest BCUT2D eigenvalue weighted by molar-refractivity contribution is 7.92. The Hall–Kier alpha value is -2.87. The molecule has 0 aromatic heterocycles. The Bertz CT molecular complexity index is 968. The molecule has 0 heterocycles. The molecule has 0 aliphatic carbocycles. The third-order valence-electron chi connectivity index (χ3n) is 4.54. The highest BCUT2D eigenvalue weighted by atomic mass is 32.2. The van der Waals surface area contributed by atoms with Crippen molar-refractivity contribution in [3.8, 4) is 0 Å². The average Bonchev–Trinajstić information content (AvgIpc) is 2.67. The van der Waals surface area contributed by atoms with E-state index in [1.54, 1.807) is 60.4 Å². The predicted molar refractivity (Wildman–Crippen MR) is 116 cm³/mol. The number of sulfonamides is 1. The van der Waals surface area contributed by atoms with Gasteiger partial charge in [-0.05, 0) is 56.7 Å². The number of carbonyl (C=O) groups is 2. The maximum Gasteiger partial charge on any atom is 0.253 e. The van der Waals surface area contributed by atoms with Crippen LogP contribution in [0.1, 0.15) is 29.8 Å². The van der Waals surface area contributed by atoms with Gasteiger partial charge in [-0.15, -0.1) is 0 Å². The van der Waals surface area contributed by atoms with Crippen LogP contribution >= 0.6 is 0 Å². The summed E-state index contributed by atoms with van der Waals surface area (Å²) >= 11 is 0. The van der Waals surface area contributed by atoms with Crippen molar-refractivity contribution < 1.29 is 18.0 Å². The minimum atomic E-state index is -3.64. The zero-order valence-electron chi connectivity index (χ0n) is 17.2. The van der Waals surface area contributed by atoms with Gasteiger partial charge in [-0.25, -0.2) is 8.42 Å². The lowest BCUT2D eigenvalue weighted by Gasteiger charge is -2.23. The summed E-state index contributed by atoms with van der Waals surface area (Å²) in [6.45, 7) is 6.51. The number of amides is 2. The Kier molecular flexibility index (Phi) is 7.39. The van der Waals surface area contributed by atoms with Crippen LogP contribution in [0.15, 0.2) is 48.5 Å². The van der Waals surface area contributed by atoms with Gasteiger partial charge in [0.1, 0.15) is 6.54 Å². The van der Waals surface area contributed by atoms with Crippen molar-refractivity contribution in [3.05, 3.63) is 59.7 Å². The van der Waals surface area contributed by atoms with E-state index in [1.165, 1.54) is 0 Å². The normalized spacial score (nSPS) is 11.0. The van der Waals surface area contributed by atoms with Gasteiger partial charge < -0.3 is 10.2 Å². The van der Waals surface area contributed by atoms with E-state index in [0.717, 1.165) is 16.1 Å². The van der Waals surface area contributed by atoms with Crippen LogP contribution in [0.5, 0.6) is 0 Å². The average molecular weight is 418 g/mol. The molecular weight excluding hydrogens is 390 g/mol. The van der Waals surface area contributed by atoms with Crippen LogP contribution in [-0.2, 0) is 14.8 Å². The molecule has 0 saturated heterocycles. The summed E-state index contributed by atoms with van der Waals surface area (Å²) in [5.41, 5.74) is 2.24. The van der Waals surface area contributed by atoms with Gasteiger partial charge in [0.2, 0.25) is 15.9 Å². The molecule has 0 aliphatic heterocycles. The molecule has 29 heavy (non-hydrogen) atoms. The Morgan fingerprint density at radius 1 is 0.966 bits per heavy atom. The van der Waals surface area contributed by atoms with E-state index in [9.17, 15) is 18.0 Å². The van der Waals surface area contributed by atoms with Crippen molar-refractivity contribution in [1.82, 2.24) is 4.90 Å². The van der Waals surface area contributed by atoms with E-state index in [0.29, 0.717) is 30.0 Å². The third kappa shape index (κ3) is 5.80. The fourth-order valence-electron chi connectivity index (χ4n) is 2.94. The number of nitrogens with one attached hydrogen (secondary N) is 1. The standard InChI is InChI=1S/C21H27N3O4S/c1-5-23(6-2)21(26)17-11-13-18(14-12-17)22-20(25)15-24(29(4,27)28)19-10-8-7-9-16(19)3/h7-14H,5-6,15H2,1-4H3,(H,22,25). The van der Waals surface area contributed by atoms with Crippen molar-refractivity contribution in [3.63, 3.8) is 0 Å². The second-order valence-corrected chi connectivity index (χ2v) is 8.57. The smallest absolute Gasteiger partial charge is 0.253 e. The van der Waals surface area contributed by atoms with E-state index in [4.69, 9.17) is 0 Å². The first-order valence-electron chi connectivity index (χ1n) is 9.39. The van der Waals surface area contributed by atoms with Crippen LogP contribution in [0, 0.1) is 6.92 Å². The number of carbonyl (C=O) groups excluding carboxylic acids is 2. The second-order valence-electron chi connectivity index (χ2n) is 6.66. The largest absolute Gasteiger partial charge is 0.339 e. The molecule has 0 atom stereocenters. The van der Waals surface area contributed by atoms with E-state index >= 15 is 0 Å². The number of aryl methyl sites for hydroxylation is 1. The maximum atomic E-state index is 12.5. The number of nitrogens with zero attached hydrogens (tertiary/aromatic N) is 2. The molecule has 2 rings (SSSR count). The van der Waals surface area contributed by atoms with Gasteiger partial charge in [-0.2, -0.15) is 0 Å². The Morgan fingerprint density at radius 3 is 2.07 bits per heavy atom. The fourth-order valence-corrected chi connectivity index (χ4v) is 3.86. The van der Waals surface area contributed by atoms with E-state index < -0.39 is 15.9 Å². The van der Waals surface area contributed by atoms with Crippen molar-refractivity contribution >= 4 is 33.2 Å². The minimum Gasteiger partial charge on any atom is -0.339 e. The van der Waals surface area contributed by atoms with Crippen molar-refractivity contribution in [2.75, 3.05) is 35.5 Å². The van der Waals surface area contributed by atoms with Crippen molar-refractivity contribution in [1.29, 1.82) is 0 Å². The molecule has 2 amide bonds. The number of hydrogen-bond acceptors (Lipinski definition) is 4. The summed E-state index contributed by atoms with van der Waals surface area (Å²) in [5, 5.41) is 2.69. The molecular formula is C21H27N3O4S. The summed E-state index contributed by atoms with van der Waals surface area (Å²) in [6.07, 6.45) is 1.07.